The molecule has 0 unspecified atom stereocenters. The minimum atomic E-state index is -0.898. The van der Waals surface area contributed by atoms with Crippen molar-refractivity contribution in [2.75, 3.05) is 17.6 Å². The second kappa shape index (κ2) is 9.17. The molecule has 7 nitrogen and oxygen atoms in total. The second-order valence-electron chi connectivity index (χ2n) is 6.57. The van der Waals surface area contributed by atoms with Gasteiger partial charge in [-0.15, -0.1) is 0 Å². The fourth-order valence-corrected chi connectivity index (χ4v) is 3.29. The summed E-state index contributed by atoms with van der Waals surface area (Å²) in [7, 11) is 0. The molecule has 0 fully saturated rings. The Hall–Kier alpha value is -2.75. The molecule has 10 heteroatoms. The van der Waals surface area contributed by atoms with Gasteiger partial charge in [-0.2, -0.15) is 5.10 Å². The number of benzene rings is 1. The average Bonchev–Trinajstić information content (AvgIpc) is 3.05. The first kappa shape index (κ1) is 21.0. The number of fused-ring (bicyclic) bond motifs is 1. The molecule has 0 aliphatic carbocycles. The molecule has 0 bridgehead atoms. The summed E-state index contributed by atoms with van der Waals surface area (Å²) in [6.45, 7) is 6.62. The van der Waals surface area contributed by atoms with Gasteiger partial charge >= 0.3 is 0 Å². The number of aromatic nitrogens is 4. The van der Waals surface area contributed by atoms with E-state index in [9.17, 15) is 13.6 Å². The summed E-state index contributed by atoms with van der Waals surface area (Å²) in [5.74, 6) is -0.693. The Kier molecular flexibility index (Phi) is 6.63. The van der Waals surface area contributed by atoms with Crippen molar-refractivity contribution in [2.24, 2.45) is 0 Å². The number of anilines is 1. The minimum Gasteiger partial charge on any atom is -0.367 e. The molecule has 0 saturated carbocycles. The summed E-state index contributed by atoms with van der Waals surface area (Å²) in [4.78, 5) is 21.3. The van der Waals surface area contributed by atoms with E-state index >= 15 is 0 Å². The number of carbonyl (C=O) groups excluding carboxylic acids is 1. The van der Waals surface area contributed by atoms with Crippen molar-refractivity contribution in [1.29, 1.82) is 0 Å². The average molecular weight is 420 g/mol. The van der Waals surface area contributed by atoms with Crippen molar-refractivity contribution in [2.45, 2.75) is 38.5 Å². The van der Waals surface area contributed by atoms with Crippen LogP contribution in [-0.2, 0) is 6.54 Å². The van der Waals surface area contributed by atoms with E-state index in [4.69, 9.17) is 0 Å². The maximum absolute atomic E-state index is 13.7. The first-order valence-electron chi connectivity index (χ1n) is 9.25. The topological polar surface area (TPSA) is 84.7 Å². The highest BCUT2D eigenvalue weighted by Crippen LogP contribution is 2.24. The number of thioether (sulfide) groups is 1. The quantitative estimate of drug-likeness (QED) is 0.429. The van der Waals surface area contributed by atoms with Crippen LogP contribution in [0.1, 0.15) is 31.1 Å². The van der Waals surface area contributed by atoms with Crippen LogP contribution < -0.4 is 10.6 Å². The zero-order valence-corrected chi connectivity index (χ0v) is 17.2. The summed E-state index contributed by atoms with van der Waals surface area (Å²) >= 11 is 1.53. The third kappa shape index (κ3) is 5.00. The summed E-state index contributed by atoms with van der Waals surface area (Å²) < 4.78 is 28.4. The van der Waals surface area contributed by atoms with Crippen molar-refractivity contribution in [3.8, 4) is 0 Å². The van der Waals surface area contributed by atoms with Crippen LogP contribution in [0, 0.1) is 11.6 Å². The number of hydrogen-bond acceptors (Lipinski definition) is 6. The van der Waals surface area contributed by atoms with Gasteiger partial charge in [0.15, 0.2) is 10.8 Å². The summed E-state index contributed by atoms with van der Waals surface area (Å²) in [6, 6.07) is 3.05. The third-order valence-corrected chi connectivity index (χ3v) is 4.69. The lowest BCUT2D eigenvalue weighted by Crippen LogP contribution is -2.28. The number of nitrogens with zero attached hydrogens (tertiary/aromatic N) is 4. The molecule has 2 heterocycles. The Morgan fingerprint density at radius 2 is 2.07 bits per heavy atom. The zero-order chi connectivity index (χ0) is 21.0. The van der Waals surface area contributed by atoms with Crippen LogP contribution in [0.5, 0.6) is 0 Å². The number of hydrogen-bond donors (Lipinski definition) is 2. The van der Waals surface area contributed by atoms with Crippen molar-refractivity contribution < 1.29 is 13.6 Å². The second-order valence-corrected chi connectivity index (χ2v) is 7.80. The molecule has 1 aromatic carbocycles. The van der Waals surface area contributed by atoms with E-state index < -0.39 is 17.5 Å². The van der Waals surface area contributed by atoms with E-state index in [1.54, 1.807) is 10.9 Å². The summed E-state index contributed by atoms with van der Waals surface area (Å²) in [5.41, 5.74) is 0.449. The minimum absolute atomic E-state index is 0.195. The summed E-state index contributed by atoms with van der Waals surface area (Å²) in [5, 5.41) is 11.7. The number of amides is 1. The van der Waals surface area contributed by atoms with Gasteiger partial charge in [-0.25, -0.2) is 23.4 Å². The van der Waals surface area contributed by atoms with E-state index in [1.807, 2.05) is 20.8 Å². The Morgan fingerprint density at radius 1 is 1.28 bits per heavy atom. The van der Waals surface area contributed by atoms with Crippen LogP contribution in [0.15, 0.2) is 29.6 Å². The molecule has 0 radical (unpaired) electrons. The van der Waals surface area contributed by atoms with Gasteiger partial charge in [0.05, 0.1) is 23.7 Å². The monoisotopic (exact) mass is 420 g/mol. The fraction of sp³-hybridized carbons (Fsp3) is 0.368. The van der Waals surface area contributed by atoms with Crippen LogP contribution in [0.2, 0.25) is 0 Å². The molecular formula is C19H22F2N6OS. The van der Waals surface area contributed by atoms with Crippen molar-refractivity contribution in [1.82, 2.24) is 25.1 Å². The number of nitrogens with one attached hydrogen (secondary N) is 2. The van der Waals surface area contributed by atoms with E-state index in [2.05, 4.69) is 25.7 Å². The van der Waals surface area contributed by atoms with E-state index in [0.29, 0.717) is 29.2 Å². The smallest absolute Gasteiger partial charge is 0.254 e. The Bertz CT molecular complexity index is 1020. The Labute approximate surface area is 171 Å². The number of halogens is 2. The molecule has 1 amide bonds. The van der Waals surface area contributed by atoms with Gasteiger partial charge < -0.3 is 10.6 Å². The first-order valence-corrected chi connectivity index (χ1v) is 10.2. The van der Waals surface area contributed by atoms with E-state index in [-0.39, 0.29) is 18.2 Å². The highest BCUT2D eigenvalue weighted by molar-refractivity contribution is 7.99. The highest BCUT2D eigenvalue weighted by atomic mass is 32.2. The molecule has 2 N–H and O–H groups in total. The van der Waals surface area contributed by atoms with Gasteiger partial charge in [0, 0.05) is 18.7 Å². The normalized spacial score (nSPS) is 11.2. The molecule has 3 rings (SSSR count). The third-order valence-electron chi connectivity index (χ3n) is 3.96. The molecule has 0 spiro atoms. The van der Waals surface area contributed by atoms with E-state index in [0.717, 1.165) is 23.3 Å². The van der Waals surface area contributed by atoms with Crippen LogP contribution in [-0.4, -0.2) is 44.0 Å². The molecule has 0 aliphatic rings. The first-order chi connectivity index (χ1) is 13.9. The molecule has 0 atom stereocenters. The molecular weight excluding hydrogens is 398 g/mol. The largest absolute Gasteiger partial charge is 0.367 e. The molecule has 0 aliphatic heterocycles. The molecule has 2 aromatic heterocycles. The number of carbonyl (C=O) groups is 1. The van der Waals surface area contributed by atoms with Crippen molar-refractivity contribution in [3.05, 3.63) is 41.6 Å². The van der Waals surface area contributed by atoms with Crippen LogP contribution in [0.25, 0.3) is 11.0 Å². The van der Waals surface area contributed by atoms with E-state index in [1.165, 1.54) is 11.8 Å². The van der Waals surface area contributed by atoms with Gasteiger partial charge in [0.2, 0.25) is 0 Å². The summed E-state index contributed by atoms with van der Waals surface area (Å²) in [6.07, 6.45) is 1.68. The van der Waals surface area contributed by atoms with Gasteiger partial charge in [-0.3, -0.25) is 4.79 Å². The van der Waals surface area contributed by atoms with Gasteiger partial charge in [0.25, 0.3) is 5.91 Å². The maximum Gasteiger partial charge on any atom is 0.254 e. The van der Waals surface area contributed by atoms with Crippen LogP contribution in [0.3, 0.4) is 0 Å². The van der Waals surface area contributed by atoms with Crippen LogP contribution in [0.4, 0.5) is 14.6 Å². The molecule has 29 heavy (non-hydrogen) atoms. The van der Waals surface area contributed by atoms with Gasteiger partial charge in [-0.05, 0) is 31.7 Å². The SMILES string of the molecule is CCSc1nc(NC(C)C)c2cnn(CCNC(=O)c3ccc(F)cc3F)c2n1. The standard InChI is InChI=1S/C19H22F2N6OS/c1-4-29-19-25-16(24-11(2)3)14-10-23-27(17(14)26-19)8-7-22-18(28)13-6-5-12(20)9-15(13)21/h5-6,9-11H,4,7-8H2,1-3H3,(H,22,28)(H,24,25,26). The van der Waals surface area contributed by atoms with Gasteiger partial charge in [0.1, 0.15) is 17.5 Å². The van der Waals surface area contributed by atoms with Crippen LogP contribution >= 0.6 is 11.8 Å². The molecule has 0 saturated heterocycles. The predicted molar refractivity (Wildman–Crippen MR) is 109 cm³/mol. The lowest BCUT2D eigenvalue weighted by molar-refractivity contribution is 0.0948. The molecule has 154 valence electrons. The highest BCUT2D eigenvalue weighted by Gasteiger charge is 2.15. The fourth-order valence-electron chi connectivity index (χ4n) is 2.72. The Balaban J connectivity index is 1.76. The maximum atomic E-state index is 13.7. The molecule has 3 aromatic rings. The Morgan fingerprint density at radius 3 is 2.76 bits per heavy atom. The lowest BCUT2D eigenvalue weighted by atomic mass is 10.2. The number of rotatable bonds is 8. The van der Waals surface area contributed by atoms with Crippen molar-refractivity contribution in [3.63, 3.8) is 0 Å². The van der Waals surface area contributed by atoms with Gasteiger partial charge in [-0.1, -0.05) is 18.7 Å². The lowest BCUT2D eigenvalue weighted by Gasteiger charge is -2.12. The predicted octanol–water partition coefficient (Wildman–Crippen LogP) is 3.47. The van der Waals surface area contributed by atoms with Crippen molar-refractivity contribution >= 4 is 34.5 Å². The zero-order valence-electron chi connectivity index (χ0n) is 16.4.